The number of β-amino-alcohol motifs (C(OH)–C–C–N with tert-alkyl or cyclic N) is 1. The zero-order valence-corrected chi connectivity index (χ0v) is 22.6. The lowest BCUT2D eigenvalue weighted by atomic mass is 10.2. The van der Waals surface area contributed by atoms with Crippen LogP contribution in [-0.4, -0.2) is 75.7 Å². The Balaban J connectivity index is 1.49. The molecule has 0 unspecified atom stereocenters. The maximum absolute atomic E-state index is 15.2. The largest absolute Gasteiger partial charge is 0.395 e. The Labute approximate surface area is 239 Å². The maximum atomic E-state index is 15.2. The number of nitrogens with two attached hydrogens (primary N) is 1. The van der Waals surface area contributed by atoms with Crippen molar-refractivity contribution in [3.05, 3.63) is 89.1 Å². The molecule has 13 heteroatoms. The highest BCUT2D eigenvalue weighted by molar-refractivity contribution is 5.99. The number of anilines is 4. The molecule has 0 atom stereocenters. The third-order valence-electron chi connectivity index (χ3n) is 6.90. The number of hydrogen-bond donors (Lipinski definition) is 4. The number of fused-ring (bicyclic) bond motifs is 1. The minimum atomic E-state index is -0.863. The molecule has 5 N–H and O–H groups in total. The number of rotatable bonds is 9. The van der Waals surface area contributed by atoms with E-state index in [9.17, 15) is 14.4 Å². The molecular weight excluding hydrogens is 543 g/mol. The van der Waals surface area contributed by atoms with Gasteiger partial charge in [-0.3, -0.25) is 23.9 Å². The van der Waals surface area contributed by atoms with Gasteiger partial charge >= 0.3 is 0 Å². The molecule has 0 aliphatic carbocycles. The first kappa shape index (κ1) is 28.4. The molecule has 1 fully saturated rings. The number of aliphatic hydroxyl groups is 1. The fourth-order valence-corrected chi connectivity index (χ4v) is 4.84. The molecule has 2 amide bonds. The van der Waals surface area contributed by atoms with Crippen LogP contribution in [0.4, 0.5) is 27.4 Å². The fourth-order valence-electron chi connectivity index (χ4n) is 4.84. The van der Waals surface area contributed by atoms with Gasteiger partial charge in [-0.05, 0) is 42.5 Å². The molecule has 0 saturated carbocycles. The molecule has 12 nitrogen and oxygen atoms in total. The van der Waals surface area contributed by atoms with Gasteiger partial charge in [-0.25, -0.2) is 9.37 Å². The molecule has 1 saturated heterocycles. The molecule has 1 aliphatic rings. The molecule has 0 radical (unpaired) electrons. The summed E-state index contributed by atoms with van der Waals surface area (Å²) in [6.45, 7) is 6.84. The van der Waals surface area contributed by atoms with Gasteiger partial charge in [0, 0.05) is 62.0 Å². The Morgan fingerprint density at radius 3 is 2.57 bits per heavy atom. The third-order valence-corrected chi connectivity index (χ3v) is 6.90. The lowest BCUT2D eigenvalue weighted by Crippen LogP contribution is -2.47. The van der Waals surface area contributed by atoms with E-state index >= 15 is 4.39 Å². The molecule has 0 spiro atoms. The molecule has 216 valence electrons. The number of pyridine rings is 1. The lowest BCUT2D eigenvalue weighted by molar-refractivity contribution is -0.111. The average Bonchev–Trinajstić information content (AvgIpc) is 2.98. The summed E-state index contributed by atoms with van der Waals surface area (Å²) in [5, 5.41) is 14.9. The summed E-state index contributed by atoms with van der Waals surface area (Å²) in [5.41, 5.74) is 6.73. The number of halogens is 1. The van der Waals surface area contributed by atoms with E-state index in [-0.39, 0.29) is 29.3 Å². The Morgan fingerprint density at radius 2 is 1.88 bits per heavy atom. The molecule has 4 aromatic rings. The average molecular weight is 573 g/mol. The van der Waals surface area contributed by atoms with Crippen molar-refractivity contribution in [2.24, 2.45) is 5.73 Å². The van der Waals surface area contributed by atoms with Crippen LogP contribution in [0.3, 0.4) is 0 Å². The van der Waals surface area contributed by atoms with Crippen LogP contribution in [0.25, 0.3) is 16.7 Å². The van der Waals surface area contributed by atoms with Crippen LogP contribution >= 0.6 is 0 Å². The third kappa shape index (κ3) is 5.96. The van der Waals surface area contributed by atoms with Gasteiger partial charge in [0.2, 0.25) is 11.9 Å². The van der Waals surface area contributed by atoms with Crippen molar-refractivity contribution < 1.29 is 19.1 Å². The second-order valence-electron chi connectivity index (χ2n) is 9.61. The van der Waals surface area contributed by atoms with E-state index < -0.39 is 23.1 Å². The molecule has 0 bridgehead atoms. The van der Waals surface area contributed by atoms with Gasteiger partial charge in [0.05, 0.1) is 17.7 Å². The summed E-state index contributed by atoms with van der Waals surface area (Å²) in [5.74, 6) is -1.67. The second-order valence-corrected chi connectivity index (χ2v) is 9.61. The van der Waals surface area contributed by atoms with Crippen molar-refractivity contribution >= 4 is 45.9 Å². The lowest BCUT2D eigenvalue weighted by Gasteiger charge is -2.36. The second kappa shape index (κ2) is 12.2. The monoisotopic (exact) mass is 572 g/mol. The summed E-state index contributed by atoms with van der Waals surface area (Å²) in [7, 11) is 0. The minimum absolute atomic E-state index is 0.0538. The van der Waals surface area contributed by atoms with Crippen molar-refractivity contribution in [2.75, 3.05) is 54.9 Å². The maximum Gasteiger partial charge on any atom is 0.265 e. The number of nitrogens with zero attached hydrogens (tertiary/aromatic N) is 5. The number of aliphatic hydroxyl groups excluding tert-OH is 1. The number of amides is 2. The topological polar surface area (TPSA) is 159 Å². The van der Waals surface area contributed by atoms with Gasteiger partial charge in [-0.15, -0.1) is 0 Å². The summed E-state index contributed by atoms with van der Waals surface area (Å²) in [4.78, 5) is 49.9. The zero-order valence-electron chi connectivity index (χ0n) is 22.6. The van der Waals surface area contributed by atoms with E-state index in [1.54, 1.807) is 36.4 Å². The van der Waals surface area contributed by atoms with Crippen molar-refractivity contribution in [3.63, 3.8) is 0 Å². The number of nitrogens with one attached hydrogen (secondary N) is 2. The van der Waals surface area contributed by atoms with Crippen molar-refractivity contribution in [2.45, 2.75) is 0 Å². The van der Waals surface area contributed by atoms with Crippen LogP contribution in [0.1, 0.15) is 10.5 Å². The van der Waals surface area contributed by atoms with Crippen molar-refractivity contribution in [1.29, 1.82) is 0 Å². The number of aromatic nitrogens is 3. The number of benzene rings is 2. The first-order valence-electron chi connectivity index (χ1n) is 13.2. The van der Waals surface area contributed by atoms with Crippen LogP contribution in [0, 0.1) is 5.82 Å². The van der Waals surface area contributed by atoms with E-state index in [2.05, 4.69) is 32.1 Å². The number of carbonyl (C=O) groups is 2. The van der Waals surface area contributed by atoms with Gasteiger partial charge in [0.1, 0.15) is 11.5 Å². The first-order valence-corrected chi connectivity index (χ1v) is 13.2. The van der Waals surface area contributed by atoms with Crippen LogP contribution in [-0.2, 0) is 4.79 Å². The van der Waals surface area contributed by atoms with E-state index in [4.69, 9.17) is 10.8 Å². The normalized spacial score (nSPS) is 13.6. The molecule has 2 aromatic carbocycles. The van der Waals surface area contributed by atoms with Gasteiger partial charge in [-0.1, -0.05) is 12.6 Å². The van der Waals surface area contributed by atoms with E-state index in [0.29, 0.717) is 42.4 Å². The zero-order chi connectivity index (χ0) is 29.8. The predicted octanol–water partition coefficient (Wildman–Crippen LogP) is 2.00. The van der Waals surface area contributed by atoms with Crippen LogP contribution < -0.4 is 26.7 Å². The SMILES string of the molecule is C=CC(=O)Nc1cccc(-n2c(C(N)=O)cc(=O)c3cnc(Nc4ccc(N5CCN(CCO)CC5)c(F)c4)nc32)c1. The molecule has 42 heavy (non-hydrogen) atoms. The number of primary amides is 1. The van der Waals surface area contributed by atoms with Gasteiger partial charge in [0.15, 0.2) is 11.1 Å². The van der Waals surface area contributed by atoms with E-state index in [1.165, 1.54) is 16.8 Å². The van der Waals surface area contributed by atoms with Crippen LogP contribution in [0.15, 0.2) is 72.2 Å². The van der Waals surface area contributed by atoms with Crippen LogP contribution in [0.5, 0.6) is 0 Å². The summed E-state index contributed by atoms with van der Waals surface area (Å²) >= 11 is 0. The molecule has 5 rings (SSSR count). The Kier molecular flexibility index (Phi) is 8.22. The highest BCUT2D eigenvalue weighted by Gasteiger charge is 2.20. The highest BCUT2D eigenvalue weighted by atomic mass is 19.1. The number of carbonyl (C=O) groups excluding carboxylic acids is 2. The number of piperazine rings is 1. The van der Waals surface area contributed by atoms with Gasteiger partial charge < -0.3 is 26.4 Å². The Bertz CT molecular complexity index is 1730. The summed E-state index contributed by atoms with van der Waals surface area (Å²) in [6, 6.07) is 12.4. The Morgan fingerprint density at radius 1 is 1.10 bits per heavy atom. The summed E-state index contributed by atoms with van der Waals surface area (Å²) in [6.07, 6.45) is 2.43. The van der Waals surface area contributed by atoms with Gasteiger partial charge in [-0.2, -0.15) is 4.98 Å². The van der Waals surface area contributed by atoms with Crippen molar-refractivity contribution in [3.8, 4) is 5.69 Å². The smallest absolute Gasteiger partial charge is 0.265 e. The fraction of sp³-hybridized carbons (Fsp3) is 0.207. The minimum Gasteiger partial charge on any atom is -0.395 e. The van der Waals surface area contributed by atoms with Gasteiger partial charge in [0.25, 0.3) is 5.91 Å². The highest BCUT2D eigenvalue weighted by Crippen LogP contribution is 2.26. The summed E-state index contributed by atoms with van der Waals surface area (Å²) < 4.78 is 16.6. The standard InChI is InChI=1S/C29H29FN8O4/c1-2-26(41)33-18-4-3-5-20(14-18)38-24(27(31)42)16-25(40)21-17-32-29(35-28(21)38)34-19-6-7-23(22(30)15-19)37-10-8-36(9-11-37)12-13-39/h2-7,14-17,39H,1,8-13H2,(H2,31,42)(H,33,41)(H,32,34,35). The predicted molar refractivity (Wildman–Crippen MR) is 158 cm³/mol. The molecule has 1 aliphatic heterocycles. The molecule has 2 aromatic heterocycles. The van der Waals surface area contributed by atoms with E-state index in [0.717, 1.165) is 25.2 Å². The number of hydrogen-bond acceptors (Lipinski definition) is 9. The molecule has 3 heterocycles. The quantitative estimate of drug-likeness (QED) is 0.220. The van der Waals surface area contributed by atoms with Crippen LogP contribution in [0.2, 0.25) is 0 Å². The van der Waals surface area contributed by atoms with E-state index in [1.807, 2.05) is 4.90 Å². The van der Waals surface area contributed by atoms with Crippen molar-refractivity contribution in [1.82, 2.24) is 19.4 Å². The first-order chi connectivity index (χ1) is 20.3. The molecular formula is C29H29FN8O4. The Hall–Kier alpha value is -5.14.